The van der Waals surface area contributed by atoms with Crippen molar-refractivity contribution in [3.63, 3.8) is 0 Å². The van der Waals surface area contributed by atoms with Gasteiger partial charge in [-0.05, 0) is 38.3 Å². The fraction of sp³-hybridized carbons (Fsp3) is 0.360. The van der Waals surface area contributed by atoms with Gasteiger partial charge >= 0.3 is 5.56 Å². The number of para-hydroxylation sites is 1. The summed E-state index contributed by atoms with van der Waals surface area (Å²) in [4.78, 5) is 15.8. The smallest absolute Gasteiger partial charge is 0.318 e. The molecule has 6 heteroatoms. The van der Waals surface area contributed by atoms with Crippen LogP contribution >= 0.6 is 0 Å². The number of anilines is 1. The molecule has 1 unspecified atom stereocenters. The van der Waals surface area contributed by atoms with E-state index in [0.717, 1.165) is 55.0 Å². The molecule has 0 aliphatic carbocycles. The van der Waals surface area contributed by atoms with Crippen LogP contribution in [0.1, 0.15) is 36.9 Å². The topological polar surface area (TPSA) is 53.4 Å². The van der Waals surface area contributed by atoms with Crippen molar-refractivity contribution >= 4 is 11.5 Å². The highest BCUT2D eigenvalue weighted by molar-refractivity contribution is 5.96. The molecule has 31 heavy (non-hydrogen) atoms. The molecule has 0 radical (unpaired) electrons. The number of hydrogen-bond donors (Lipinski definition) is 1. The Bertz CT molecular complexity index is 1190. The van der Waals surface area contributed by atoms with Crippen LogP contribution in [0.5, 0.6) is 0 Å². The molecule has 1 aromatic heterocycles. The number of aliphatic hydroxyl groups is 1. The molecule has 1 atom stereocenters. The van der Waals surface area contributed by atoms with Crippen molar-refractivity contribution in [1.29, 1.82) is 0 Å². The zero-order valence-corrected chi connectivity index (χ0v) is 18.2. The summed E-state index contributed by atoms with van der Waals surface area (Å²) in [6.45, 7) is 3.12. The van der Waals surface area contributed by atoms with Gasteiger partial charge in [-0.2, -0.15) is 0 Å². The minimum Gasteiger partial charge on any atom is -0.346 e. The van der Waals surface area contributed by atoms with Gasteiger partial charge in [0.25, 0.3) is 11.6 Å². The van der Waals surface area contributed by atoms with Gasteiger partial charge in [-0.3, -0.25) is 9.48 Å². The van der Waals surface area contributed by atoms with Crippen LogP contribution < -0.4 is 10.5 Å². The summed E-state index contributed by atoms with van der Waals surface area (Å²) in [6.07, 6.45) is 4.08. The average molecular weight is 418 g/mol. The van der Waals surface area contributed by atoms with Crippen LogP contribution in [0.4, 0.5) is 5.69 Å². The standard InChI is InChI=1S/C25H29N4O2/c1-19-23(24(30)29(26(19)2)21-14-8-4-9-15-21)27-18-25(31,20-12-6-3-7-13-20)28-17-11-5-10-16-22(27)28/h3-4,6-9,12-15,31H,5,10-11,16-18H2,1-2H3/q+1. The fourth-order valence-electron chi connectivity index (χ4n) is 5.10. The van der Waals surface area contributed by atoms with Crippen LogP contribution in [0.25, 0.3) is 5.69 Å². The molecule has 0 spiro atoms. The SMILES string of the molecule is Cc1c(N2CC(O)(c3ccccc3)[N+]3=C2CCCCC3)c(=O)n(-c2ccccc2)n1C. The number of benzene rings is 2. The van der Waals surface area contributed by atoms with Gasteiger partial charge in [0.15, 0.2) is 6.54 Å². The van der Waals surface area contributed by atoms with Crippen molar-refractivity contribution < 1.29 is 9.68 Å². The maximum absolute atomic E-state index is 13.7. The summed E-state index contributed by atoms with van der Waals surface area (Å²) < 4.78 is 5.76. The van der Waals surface area contributed by atoms with E-state index in [1.807, 2.05) is 79.3 Å². The molecule has 2 aliphatic rings. The fourth-order valence-corrected chi connectivity index (χ4v) is 5.10. The Morgan fingerprint density at radius 2 is 1.65 bits per heavy atom. The Labute approximate surface area is 182 Å². The largest absolute Gasteiger partial charge is 0.346 e. The molecule has 3 aromatic rings. The van der Waals surface area contributed by atoms with E-state index in [4.69, 9.17) is 0 Å². The molecule has 5 rings (SSSR count). The minimum atomic E-state index is -1.15. The molecule has 6 nitrogen and oxygen atoms in total. The third-order valence-corrected chi connectivity index (χ3v) is 6.76. The van der Waals surface area contributed by atoms with Crippen molar-refractivity contribution in [3.8, 4) is 5.69 Å². The highest BCUT2D eigenvalue weighted by Crippen LogP contribution is 2.35. The summed E-state index contributed by atoms with van der Waals surface area (Å²) in [5.41, 5.74) is 2.05. The first-order chi connectivity index (χ1) is 15.0. The van der Waals surface area contributed by atoms with Gasteiger partial charge in [0.2, 0.25) is 5.69 Å². The zero-order valence-electron chi connectivity index (χ0n) is 18.2. The lowest BCUT2D eigenvalue weighted by molar-refractivity contribution is -0.658. The molecule has 160 valence electrons. The first kappa shape index (κ1) is 19.8. The van der Waals surface area contributed by atoms with E-state index in [9.17, 15) is 9.90 Å². The van der Waals surface area contributed by atoms with Gasteiger partial charge in [-0.1, -0.05) is 48.5 Å². The summed E-state index contributed by atoms with van der Waals surface area (Å²) in [5, 5.41) is 11.9. The molecule has 1 N–H and O–H groups in total. The molecule has 0 fully saturated rings. The number of aromatic nitrogens is 2. The second kappa shape index (κ2) is 7.54. The highest BCUT2D eigenvalue weighted by atomic mass is 16.3. The summed E-state index contributed by atoms with van der Waals surface area (Å²) in [7, 11) is 1.92. The maximum atomic E-state index is 13.7. The Morgan fingerprint density at radius 3 is 2.35 bits per heavy atom. The van der Waals surface area contributed by atoms with E-state index in [0.29, 0.717) is 12.2 Å². The van der Waals surface area contributed by atoms with Gasteiger partial charge in [0.1, 0.15) is 0 Å². The molecule has 3 heterocycles. The lowest BCUT2D eigenvalue weighted by atomic mass is 10.0. The number of nitrogens with zero attached hydrogens (tertiary/aromatic N) is 4. The summed E-state index contributed by atoms with van der Waals surface area (Å²) in [5.74, 6) is 1.05. The number of rotatable bonds is 3. The Kier molecular flexibility index (Phi) is 4.82. The van der Waals surface area contributed by atoms with Gasteiger partial charge in [-0.15, -0.1) is 0 Å². The van der Waals surface area contributed by atoms with Crippen molar-refractivity contribution in [1.82, 2.24) is 9.36 Å². The lowest BCUT2D eigenvalue weighted by Gasteiger charge is -2.23. The number of hydrogen-bond acceptors (Lipinski definition) is 3. The third kappa shape index (κ3) is 3.05. The van der Waals surface area contributed by atoms with Crippen LogP contribution in [0, 0.1) is 6.92 Å². The maximum Gasteiger partial charge on any atom is 0.318 e. The van der Waals surface area contributed by atoms with E-state index < -0.39 is 5.72 Å². The van der Waals surface area contributed by atoms with Gasteiger partial charge in [0.05, 0.1) is 17.9 Å². The van der Waals surface area contributed by atoms with E-state index in [-0.39, 0.29) is 5.56 Å². The van der Waals surface area contributed by atoms with Crippen LogP contribution in [0.3, 0.4) is 0 Å². The van der Waals surface area contributed by atoms with Gasteiger partial charge < -0.3 is 5.11 Å². The summed E-state index contributed by atoms with van der Waals surface area (Å²) in [6, 6.07) is 19.6. The Balaban J connectivity index is 1.68. The van der Waals surface area contributed by atoms with E-state index in [1.165, 1.54) is 0 Å². The van der Waals surface area contributed by atoms with Crippen molar-refractivity contribution in [3.05, 3.63) is 82.3 Å². The predicted molar refractivity (Wildman–Crippen MR) is 122 cm³/mol. The summed E-state index contributed by atoms with van der Waals surface area (Å²) >= 11 is 0. The molecule has 0 saturated heterocycles. The molecular weight excluding hydrogens is 388 g/mol. The molecule has 2 aliphatic heterocycles. The van der Waals surface area contributed by atoms with Crippen LogP contribution in [0.15, 0.2) is 65.5 Å². The normalized spacial score (nSPS) is 21.3. The monoisotopic (exact) mass is 417 g/mol. The van der Waals surface area contributed by atoms with Gasteiger partial charge in [-0.25, -0.2) is 14.2 Å². The van der Waals surface area contributed by atoms with Gasteiger partial charge in [0, 0.05) is 19.0 Å². The zero-order chi connectivity index (χ0) is 21.6. The second-order valence-corrected chi connectivity index (χ2v) is 8.56. The first-order valence-electron chi connectivity index (χ1n) is 11.1. The Hall–Kier alpha value is -3.12. The van der Waals surface area contributed by atoms with Crippen molar-refractivity contribution in [2.45, 2.75) is 38.3 Å². The average Bonchev–Trinajstić information content (AvgIpc) is 3.05. The molecular formula is C25H29N4O2+. The predicted octanol–water partition coefficient (Wildman–Crippen LogP) is 3.13. The Morgan fingerprint density at radius 1 is 0.968 bits per heavy atom. The number of β-amino-alcohol motifs (C(OH)–C–C–N with tert-alkyl or cyclic N) is 1. The second-order valence-electron chi connectivity index (χ2n) is 8.56. The van der Waals surface area contributed by atoms with E-state index >= 15 is 0 Å². The van der Waals surface area contributed by atoms with Crippen molar-refractivity contribution in [2.24, 2.45) is 7.05 Å². The van der Waals surface area contributed by atoms with E-state index in [2.05, 4.69) is 9.48 Å². The van der Waals surface area contributed by atoms with Crippen LogP contribution in [-0.2, 0) is 12.8 Å². The quantitative estimate of drug-likeness (QED) is 0.666. The first-order valence-corrected chi connectivity index (χ1v) is 11.1. The van der Waals surface area contributed by atoms with Crippen molar-refractivity contribution in [2.75, 3.05) is 18.0 Å². The van der Waals surface area contributed by atoms with Crippen LogP contribution in [-0.4, -0.2) is 38.0 Å². The lowest BCUT2D eigenvalue weighted by Crippen LogP contribution is -2.41. The number of amidine groups is 1. The van der Waals surface area contributed by atoms with Crippen LogP contribution in [0.2, 0.25) is 0 Å². The third-order valence-electron chi connectivity index (χ3n) is 6.76. The molecule has 2 aromatic carbocycles. The van der Waals surface area contributed by atoms with E-state index in [1.54, 1.807) is 4.68 Å². The molecule has 0 saturated carbocycles. The highest BCUT2D eigenvalue weighted by Gasteiger charge is 2.53. The molecule has 0 amide bonds. The minimum absolute atomic E-state index is 0.0554. The molecule has 0 bridgehead atoms.